The number of carbonyl (C=O) groups excluding carboxylic acids is 1. The minimum absolute atomic E-state index is 0.183. The van der Waals surface area contributed by atoms with Gasteiger partial charge in [-0.1, -0.05) is 73.5 Å². The number of hydrogen-bond donors (Lipinski definition) is 1. The third-order valence-corrected chi connectivity index (χ3v) is 3.57. The molecule has 0 radical (unpaired) electrons. The van der Waals surface area contributed by atoms with Crippen LogP contribution in [0.25, 0.3) is 0 Å². The quantitative estimate of drug-likeness (QED) is 0.595. The third kappa shape index (κ3) is 2.87. The van der Waals surface area contributed by atoms with Gasteiger partial charge in [0.15, 0.2) is 0 Å². The van der Waals surface area contributed by atoms with Crippen LogP contribution in [0.4, 0.5) is 0 Å². The Labute approximate surface area is 128 Å². The lowest BCUT2D eigenvalue weighted by molar-refractivity contribution is 0.102. The van der Waals surface area contributed by atoms with Gasteiger partial charge in [-0.15, -0.1) is 10.2 Å². The predicted octanol–water partition coefficient (Wildman–Crippen LogP) is 2.79. The van der Waals surface area contributed by atoms with Crippen LogP contribution in [0.3, 0.4) is 0 Å². The van der Waals surface area contributed by atoms with E-state index in [1.54, 1.807) is 12.1 Å². The normalized spacial score (nSPS) is 10.5. The lowest BCUT2D eigenvalue weighted by atomic mass is 10.1. The van der Waals surface area contributed by atoms with Crippen LogP contribution in [0.2, 0.25) is 0 Å². The SMILES string of the molecule is O=C(c1ccccc1)c1nnc(Cc2ccccc2)n1S. The molecule has 21 heavy (non-hydrogen) atoms. The summed E-state index contributed by atoms with van der Waals surface area (Å²) >= 11 is 4.35. The Morgan fingerprint density at radius 3 is 2.24 bits per heavy atom. The van der Waals surface area contributed by atoms with Crippen LogP contribution >= 0.6 is 12.8 Å². The zero-order chi connectivity index (χ0) is 14.7. The van der Waals surface area contributed by atoms with E-state index in [4.69, 9.17) is 0 Å². The summed E-state index contributed by atoms with van der Waals surface area (Å²) in [6, 6.07) is 18.9. The minimum Gasteiger partial charge on any atom is -0.285 e. The van der Waals surface area contributed by atoms with E-state index in [0.717, 1.165) is 5.56 Å². The van der Waals surface area contributed by atoms with E-state index in [9.17, 15) is 4.79 Å². The van der Waals surface area contributed by atoms with Gasteiger partial charge in [-0.05, 0) is 5.56 Å². The molecule has 0 bridgehead atoms. The maximum Gasteiger partial charge on any atom is 0.231 e. The minimum atomic E-state index is -0.183. The van der Waals surface area contributed by atoms with Crippen molar-refractivity contribution in [2.75, 3.05) is 0 Å². The number of carbonyl (C=O) groups is 1. The molecule has 104 valence electrons. The fraction of sp³-hybridized carbons (Fsp3) is 0.0625. The molecule has 0 aliphatic rings. The van der Waals surface area contributed by atoms with Crippen molar-refractivity contribution in [1.29, 1.82) is 0 Å². The fourth-order valence-corrected chi connectivity index (χ4v) is 2.30. The third-order valence-electron chi connectivity index (χ3n) is 3.15. The van der Waals surface area contributed by atoms with E-state index < -0.39 is 0 Å². The molecule has 0 amide bonds. The standard InChI is InChI=1S/C16H13N3OS/c20-15(13-9-5-2-6-10-13)16-18-17-14(19(16)21)11-12-7-3-1-4-8-12/h1-10,21H,11H2. The van der Waals surface area contributed by atoms with Crippen LogP contribution < -0.4 is 0 Å². The molecule has 2 aromatic carbocycles. The Bertz CT molecular complexity index is 754. The second-order valence-electron chi connectivity index (χ2n) is 4.61. The van der Waals surface area contributed by atoms with E-state index in [1.165, 1.54) is 3.97 Å². The molecule has 0 saturated carbocycles. The van der Waals surface area contributed by atoms with Crippen LogP contribution in [-0.4, -0.2) is 20.0 Å². The van der Waals surface area contributed by atoms with Crippen LogP contribution in [0.5, 0.6) is 0 Å². The highest BCUT2D eigenvalue weighted by Crippen LogP contribution is 2.13. The second kappa shape index (κ2) is 5.93. The smallest absolute Gasteiger partial charge is 0.231 e. The van der Waals surface area contributed by atoms with E-state index in [0.29, 0.717) is 17.8 Å². The van der Waals surface area contributed by atoms with Crippen molar-refractivity contribution in [2.45, 2.75) is 6.42 Å². The highest BCUT2D eigenvalue weighted by Gasteiger charge is 2.18. The van der Waals surface area contributed by atoms with Crippen LogP contribution in [0.1, 0.15) is 27.6 Å². The average Bonchev–Trinajstić information content (AvgIpc) is 2.89. The number of rotatable bonds is 4. The number of nitrogens with zero attached hydrogens (tertiary/aromatic N) is 3. The summed E-state index contributed by atoms with van der Waals surface area (Å²) in [6.07, 6.45) is 0.583. The zero-order valence-corrected chi connectivity index (χ0v) is 12.1. The lowest BCUT2D eigenvalue weighted by Crippen LogP contribution is -2.08. The molecule has 0 spiro atoms. The summed E-state index contributed by atoms with van der Waals surface area (Å²) < 4.78 is 1.46. The Hall–Kier alpha value is -2.40. The van der Waals surface area contributed by atoms with Crippen molar-refractivity contribution in [2.24, 2.45) is 0 Å². The number of ketones is 1. The Morgan fingerprint density at radius 1 is 0.952 bits per heavy atom. The summed E-state index contributed by atoms with van der Waals surface area (Å²) in [5.41, 5.74) is 1.67. The van der Waals surface area contributed by atoms with Gasteiger partial charge in [-0.3, -0.25) is 8.77 Å². The van der Waals surface area contributed by atoms with Gasteiger partial charge in [-0.2, -0.15) is 0 Å². The number of aromatic nitrogens is 3. The van der Waals surface area contributed by atoms with Crippen molar-refractivity contribution in [1.82, 2.24) is 14.2 Å². The molecule has 0 atom stereocenters. The van der Waals surface area contributed by atoms with Crippen LogP contribution in [-0.2, 0) is 6.42 Å². The highest BCUT2D eigenvalue weighted by molar-refractivity contribution is 7.78. The molecule has 1 heterocycles. The monoisotopic (exact) mass is 295 g/mol. The Morgan fingerprint density at radius 2 is 1.57 bits per heavy atom. The average molecular weight is 295 g/mol. The molecule has 0 aliphatic heterocycles. The van der Waals surface area contributed by atoms with Crippen molar-refractivity contribution in [3.8, 4) is 0 Å². The molecule has 0 fully saturated rings. The van der Waals surface area contributed by atoms with Crippen LogP contribution in [0.15, 0.2) is 60.7 Å². The van der Waals surface area contributed by atoms with Gasteiger partial charge in [0.25, 0.3) is 0 Å². The molecule has 0 saturated heterocycles. The summed E-state index contributed by atoms with van der Waals surface area (Å²) in [7, 11) is 0. The molecule has 0 N–H and O–H groups in total. The van der Waals surface area contributed by atoms with E-state index in [2.05, 4.69) is 23.0 Å². The summed E-state index contributed by atoms with van der Waals surface area (Å²) in [4.78, 5) is 12.4. The van der Waals surface area contributed by atoms with Gasteiger partial charge in [0.1, 0.15) is 5.82 Å². The Balaban J connectivity index is 1.88. The summed E-state index contributed by atoms with van der Waals surface area (Å²) in [5, 5.41) is 8.05. The van der Waals surface area contributed by atoms with Crippen molar-refractivity contribution in [3.63, 3.8) is 0 Å². The largest absolute Gasteiger partial charge is 0.285 e. The molecule has 1 aromatic heterocycles. The zero-order valence-electron chi connectivity index (χ0n) is 11.2. The van der Waals surface area contributed by atoms with Crippen LogP contribution in [0, 0.1) is 0 Å². The number of benzene rings is 2. The highest BCUT2D eigenvalue weighted by atomic mass is 32.1. The molecular weight excluding hydrogens is 282 g/mol. The Kier molecular flexibility index (Phi) is 3.83. The van der Waals surface area contributed by atoms with E-state index >= 15 is 0 Å². The first kappa shape index (κ1) is 13.6. The molecule has 4 nitrogen and oxygen atoms in total. The van der Waals surface area contributed by atoms with Crippen molar-refractivity contribution >= 4 is 18.6 Å². The van der Waals surface area contributed by atoms with Gasteiger partial charge >= 0.3 is 0 Å². The van der Waals surface area contributed by atoms with Crippen molar-refractivity contribution < 1.29 is 4.79 Å². The first-order chi connectivity index (χ1) is 10.3. The number of hydrogen-bond acceptors (Lipinski definition) is 4. The molecule has 3 aromatic rings. The van der Waals surface area contributed by atoms with E-state index in [1.807, 2.05) is 48.5 Å². The molecule has 5 heteroatoms. The summed E-state index contributed by atoms with van der Waals surface area (Å²) in [5.74, 6) is 0.691. The first-order valence-electron chi connectivity index (χ1n) is 6.53. The molecule has 0 unspecified atom stereocenters. The van der Waals surface area contributed by atoms with Gasteiger partial charge in [0.05, 0.1) is 0 Å². The van der Waals surface area contributed by atoms with Gasteiger partial charge in [0.2, 0.25) is 11.6 Å². The summed E-state index contributed by atoms with van der Waals surface area (Å²) in [6.45, 7) is 0. The molecule has 3 rings (SSSR count). The first-order valence-corrected chi connectivity index (χ1v) is 6.93. The van der Waals surface area contributed by atoms with E-state index in [-0.39, 0.29) is 11.6 Å². The van der Waals surface area contributed by atoms with Gasteiger partial charge in [0, 0.05) is 12.0 Å². The molecular formula is C16H13N3OS. The maximum absolute atomic E-state index is 12.4. The van der Waals surface area contributed by atoms with Gasteiger partial charge < -0.3 is 0 Å². The number of thiol groups is 1. The lowest BCUT2D eigenvalue weighted by Gasteiger charge is -2.02. The topological polar surface area (TPSA) is 47.8 Å². The fourth-order valence-electron chi connectivity index (χ4n) is 2.06. The maximum atomic E-state index is 12.4. The van der Waals surface area contributed by atoms with Gasteiger partial charge in [-0.25, -0.2) is 0 Å². The second-order valence-corrected chi connectivity index (χ2v) is 5.01. The van der Waals surface area contributed by atoms with Crippen molar-refractivity contribution in [3.05, 3.63) is 83.4 Å². The predicted molar refractivity (Wildman–Crippen MR) is 83.5 cm³/mol. The molecule has 0 aliphatic carbocycles.